The van der Waals surface area contributed by atoms with Crippen LogP contribution in [0.2, 0.25) is 0 Å². The predicted molar refractivity (Wildman–Crippen MR) is 67.7 cm³/mol. The number of aliphatic hydroxyl groups is 6. The highest BCUT2D eigenvalue weighted by Gasteiger charge is 2.48. The Morgan fingerprint density at radius 1 is 1.20 bits per heavy atom. The lowest BCUT2D eigenvalue weighted by Crippen LogP contribution is -2.52. The standard InChI is InChI=1S/C12H18N2O6/c1-2-11(17,18)12(19,20)10-6-13-8(5-14-10)3-4-9(16)7-15/h3-6,9,15-20H,2,7H2,1H3. The van der Waals surface area contributed by atoms with E-state index in [9.17, 15) is 20.4 Å². The van der Waals surface area contributed by atoms with Crippen molar-refractivity contribution in [1.29, 1.82) is 0 Å². The minimum absolute atomic E-state index is 0.287. The van der Waals surface area contributed by atoms with Gasteiger partial charge in [0.2, 0.25) is 5.79 Å². The number of hydrogen-bond donors (Lipinski definition) is 6. The largest absolute Gasteiger partial charge is 0.393 e. The van der Waals surface area contributed by atoms with Crippen molar-refractivity contribution >= 4 is 6.08 Å². The van der Waals surface area contributed by atoms with Crippen molar-refractivity contribution in [1.82, 2.24) is 9.97 Å². The monoisotopic (exact) mass is 286 g/mol. The van der Waals surface area contributed by atoms with Crippen LogP contribution in [0.5, 0.6) is 0 Å². The van der Waals surface area contributed by atoms with Gasteiger partial charge in [0.15, 0.2) is 0 Å². The minimum Gasteiger partial charge on any atom is -0.393 e. The highest BCUT2D eigenvalue weighted by molar-refractivity contribution is 5.43. The van der Waals surface area contributed by atoms with Gasteiger partial charge >= 0.3 is 0 Å². The zero-order valence-electron chi connectivity index (χ0n) is 10.9. The van der Waals surface area contributed by atoms with E-state index in [-0.39, 0.29) is 12.1 Å². The molecule has 1 unspecified atom stereocenters. The summed E-state index contributed by atoms with van der Waals surface area (Å²) in [4.78, 5) is 7.51. The summed E-state index contributed by atoms with van der Waals surface area (Å²) < 4.78 is 0. The molecule has 0 aliphatic carbocycles. The molecule has 0 spiro atoms. The molecule has 8 heteroatoms. The Balaban J connectivity index is 2.94. The maximum atomic E-state index is 9.72. The number of aliphatic hydroxyl groups excluding tert-OH is 2. The first kappa shape index (κ1) is 16.6. The molecule has 0 radical (unpaired) electrons. The van der Waals surface area contributed by atoms with E-state index >= 15 is 0 Å². The second kappa shape index (κ2) is 6.35. The summed E-state index contributed by atoms with van der Waals surface area (Å²) in [5, 5.41) is 56.2. The van der Waals surface area contributed by atoms with Crippen LogP contribution in [0.1, 0.15) is 24.7 Å². The van der Waals surface area contributed by atoms with Crippen LogP contribution in [0.3, 0.4) is 0 Å². The number of aromatic nitrogens is 2. The SMILES string of the molecule is CCC(O)(O)C(O)(O)c1cnc(C=CC(O)CO)cn1. The molecule has 6 N–H and O–H groups in total. The molecular weight excluding hydrogens is 268 g/mol. The van der Waals surface area contributed by atoms with E-state index in [1.165, 1.54) is 19.1 Å². The lowest BCUT2D eigenvalue weighted by molar-refractivity contribution is -0.368. The van der Waals surface area contributed by atoms with Crippen molar-refractivity contribution in [3.8, 4) is 0 Å². The summed E-state index contributed by atoms with van der Waals surface area (Å²) in [5.74, 6) is -5.71. The average Bonchev–Trinajstić information content (AvgIpc) is 2.44. The fourth-order valence-electron chi connectivity index (χ4n) is 1.33. The van der Waals surface area contributed by atoms with Gasteiger partial charge in [-0.05, 0) is 6.08 Å². The quantitative estimate of drug-likeness (QED) is 0.331. The van der Waals surface area contributed by atoms with E-state index in [2.05, 4.69) is 9.97 Å². The molecule has 20 heavy (non-hydrogen) atoms. The Kier molecular flexibility index (Phi) is 5.28. The third-order valence-electron chi connectivity index (χ3n) is 2.76. The molecule has 1 rings (SSSR count). The average molecular weight is 286 g/mol. The van der Waals surface area contributed by atoms with Gasteiger partial charge in [0.25, 0.3) is 5.79 Å². The van der Waals surface area contributed by atoms with Gasteiger partial charge in [-0.15, -0.1) is 0 Å². The number of hydrogen-bond acceptors (Lipinski definition) is 8. The van der Waals surface area contributed by atoms with Gasteiger partial charge in [0.05, 0.1) is 30.8 Å². The first-order valence-corrected chi connectivity index (χ1v) is 5.93. The van der Waals surface area contributed by atoms with Gasteiger partial charge < -0.3 is 30.6 Å². The Labute approximate surface area is 115 Å². The van der Waals surface area contributed by atoms with Crippen LogP contribution < -0.4 is 0 Å². The summed E-state index contributed by atoms with van der Waals surface area (Å²) >= 11 is 0. The van der Waals surface area contributed by atoms with Crippen LogP contribution in [-0.2, 0) is 5.79 Å². The molecule has 1 atom stereocenters. The van der Waals surface area contributed by atoms with E-state index in [1.807, 2.05) is 0 Å². The van der Waals surface area contributed by atoms with Crippen LogP contribution in [-0.4, -0.2) is 59.1 Å². The van der Waals surface area contributed by atoms with Gasteiger partial charge in [-0.1, -0.05) is 13.0 Å². The van der Waals surface area contributed by atoms with Crippen molar-refractivity contribution in [3.05, 3.63) is 29.9 Å². The minimum atomic E-state index is -2.96. The Morgan fingerprint density at radius 2 is 1.85 bits per heavy atom. The Bertz CT molecular complexity index is 458. The maximum Gasteiger partial charge on any atom is 0.264 e. The van der Waals surface area contributed by atoms with Crippen LogP contribution in [0.4, 0.5) is 0 Å². The van der Waals surface area contributed by atoms with Gasteiger partial charge in [0.1, 0.15) is 5.69 Å². The molecule has 1 aromatic rings. The summed E-state index contributed by atoms with van der Waals surface area (Å²) in [7, 11) is 0. The predicted octanol–water partition coefficient (Wildman–Crippen LogP) is -1.93. The first-order valence-electron chi connectivity index (χ1n) is 5.93. The highest BCUT2D eigenvalue weighted by Crippen LogP contribution is 2.29. The van der Waals surface area contributed by atoms with Gasteiger partial charge in [-0.3, -0.25) is 9.97 Å². The molecule has 0 bridgehead atoms. The van der Waals surface area contributed by atoms with E-state index in [1.54, 1.807) is 0 Å². The van der Waals surface area contributed by atoms with E-state index < -0.39 is 30.0 Å². The molecule has 0 aromatic carbocycles. The zero-order valence-corrected chi connectivity index (χ0v) is 10.9. The molecule has 0 saturated heterocycles. The molecule has 1 heterocycles. The maximum absolute atomic E-state index is 9.72. The smallest absolute Gasteiger partial charge is 0.264 e. The molecule has 0 aliphatic heterocycles. The summed E-state index contributed by atoms with van der Waals surface area (Å²) in [5.41, 5.74) is -0.140. The second-order valence-electron chi connectivity index (χ2n) is 4.28. The van der Waals surface area contributed by atoms with Crippen molar-refractivity contribution in [2.45, 2.75) is 31.0 Å². The fraction of sp³-hybridized carbons (Fsp3) is 0.500. The lowest BCUT2D eigenvalue weighted by atomic mass is 10.0. The molecule has 0 aliphatic rings. The van der Waals surface area contributed by atoms with Crippen molar-refractivity contribution in [3.63, 3.8) is 0 Å². The van der Waals surface area contributed by atoms with Crippen molar-refractivity contribution < 1.29 is 30.6 Å². The van der Waals surface area contributed by atoms with Crippen molar-refractivity contribution in [2.24, 2.45) is 0 Å². The summed E-state index contributed by atoms with van der Waals surface area (Å²) in [6, 6.07) is 0. The topological polar surface area (TPSA) is 147 Å². The Morgan fingerprint density at radius 3 is 2.30 bits per heavy atom. The molecule has 8 nitrogen and oxygen atoms in total. The molecule has 0 saturated carbocycles. The normalized spacial score (nSPS) is 14.8. The van der Waals surface area contributed by atoms with Gasteiger partial charge in [0, 0.05) is 6.42 Å². The third kappa shape index (κ3) is 3.57. The van der Waals surface area contributed by atoms with Crippen LogP contribution in [0.15, 0.2) is 18.5 Å². The van der Waals surface area contributed by atoms with Crippen molar-refractivity contribution in [2.75, 3.05) is 6.61 Å². The number of rotatable bonds is 6. The fourth-order valence-corrected chi connectivity index (χ4v) is 1.33. The van der Waals surface area contributed by atoms with E-state index in [0.717, 1.165) is 12.4 Å². The third-order valence-corrected chi connectivity index (χ3v) is 2.76. The lowest BCUT2D eigenvalue weighted by Gasteiger charge is -2.33. The van der Waals surface area contributed by atoms with Crippen LogP contribution >= 0.6 is 0 Å². The second-order valence-corrected chi connectivity index (χ2v) is 4.28. The summed E-state index contributed by atoms with van der Waals surface area (Å²) in [6.07, 6.45) is 3.42. The zero-order chi connectivity index (χ0) is 15.4. The molecule has 112 valence electrons. The van der Waals surface area contributed by atoms with Crippen LogP contribution in [0, 0.1) is 0 Å². The molecular formula is C12H18N2O6. The van der Waals surface area contributed by atoms with Crippen LogP contribution in [0.25, 0.3) is 6.08 Å². The first-order chi connectivity index (χ1) is 9.24. The Hall–Kier alpha value is -1.42. The van der Waals surface area contributed by atoms with E-state index in [0.29, 0.717) is 0 Å². The highest BCUT2D eigenvalue weighted by atomic mass is 16.6. The van der Waals surface area contributed by atoms with Gasteiger partial charge in [-0.2, -0.15) is 0 Å². The number of nitrogens with zero attached hydrogens (tertiary/aromatic N) is 2. The summed E-state index contributed by atoms with van der Waals surface area (Å²) in [6.45, 7) is 0.925. The molecule has 1 aromatic heterocycles. The molecule has 0 amide bonds. The molecule has 0 fully saturated rings. The van der Waals surface area contributed by atoms with E-state index in [4.69, 9.17) is 10.2 Å². The van der Waals surface area contributed by atoms with Gasteiger partial charge in [-0.25, -0.2) is 0 Å².